The van der Waals surface area contributed by atoms with Gasteiger partial charge in [0.2, 0.25) is 5.91 Å². The first-order chi connectivity index (χ1) is 12.0. The summed E-state index contributed by atoms with van der Waals surface area (Å²) in [5.74, 6) is -1.49. The van der Waals surface area contributed by atoms with E-state index in [9.17, 15) is 14.7 Å². The molecule has 1 saturated carbocycles. The van der Waals surface area contributed by atoms with E-state index < -0.39 is 11.4 Å². The van der Waals surface area contributed by atoms with E-state index in [1.807, 2.05) is 42.5 Å². The minimum Gasteiger partial charge on any atom is -0.480 e. The highest BCUT2D eigenvalue weighted by Gasteiger charge is 2.48. The molecule has 0 radical (unpaired) electrons. The Morgan fingerprint density at radius 2 is 1.76 bits per heavy atom. The smallest absolute Gasteiger partial charge is 0.319 e. The number of amides is 1. The molecule has 0 aromatic heterocycles. The molecule has 4 nitrogen and oxygen atoms in total. The van der Waals surface area contributed by atoms with Crippen molar-refractivity contribution in [2.75, 3.05) is 0 Å². The van der Waals surface area contributed by atoms with E-state index in [4.69, 9.17) is 0 Å². The van der Waals surface area contributed by atoms with Gasteiger partial charge in [-0.15, -0.1) is 0 Å². The lowest BCUT2D eigenvalue weighted by Crippen LogP contribution is -2.49. The average Bonchev–Trinajstić information content (AvgIpc) is 2.65. The van der Waals surface area contributed by atoms with Gasteiger partial charge in [-0.3, -0.25) is 9.59 Å². The summed E-state index contributed by atoms with van der Waals surface area (Å²) in [5, 5.41) is 14.9. The van der Waals surface area contributed by atoms with Crippen LogP contribution in [0.25, 0.3) is 10.8 Å². The maximum atomic E-state index is 12.8. The lowest BCUT2D eigenvalue weighted by atomic mass is 9.69. The average molecular weight is 339 g/mol. The molecule has 1 aliphatic rings. The number of hydrogen-bond donors (Lipinski definition) is 2. The van der Waals surface area contributed by atoms with E-state index in [0.29, 0.717) is 6.54 Å². The highest BCUT2D eigenvalue weighted by molar-refractivity contribution is 6.02. The monoisotopic (exact) mass is 339 g/mol. The maximum absolute atomic E-state index is 12.8. The van der Waals surface area contributed by atoms with Crippen LogP contribution in [0.3, 0.4) is 0 Å². The lowest BCUT2D eigenvalue weighted by molar-refractivity contribution is -0.159. The number of carboxylic acids is 1. The second kappa shape index (κ2) is 7.26. The van der Waals surface area contributed by atoms with Gasteiger partial charge in [0.15, 0.2) is 0 Å². The summed E-state index contributed by atoms with van der Waals surface area (Å²) >= 11 is 0. The van der Waals surface area contributed by atoms with Crippen LogP contribution in [0.15, 0.2) is 42.5 Å². The highest BCUT2D eigenvalue weighted by Crippen LogP contribution is 2.39. The maximum Gasteiger partial charge on any atom is 0.319 e. The zero-order valence-electron chi connectivity index (χ0n) is 14.6. The molecule has 2 aromatic carbocycles. The minimum atomic E-state index is -1.36. The van der Waals surface area contributed by atoms with Crippen LogP contribution in [-0.2, 0) is 16.1 Å². The number of fused-ring (bicyclic) bond motifs is 1. The summed E-state index contributed by atoms with van der Waals surface area (Å²) < 4.78 is 0. The molecule has 0 spiro atoms. The van der Waals surface area contributed by atoms with Crippen molar-refractivity contribution in [3.05, 3.63) is 48.0 Å². The zero-order valence-corrected chi connectivity index (χ0v) is 14.6. The van der Waals surface area contributed by atoms with Crippen LogP contribution in [0, 0.1) is 11.3 Å². The Kier molecular flexibility index (Phi) is 5.07. The van der Waals surface area contributed by atoms with E-state index in [1.165, 1.54) is 0 Å². The van der Waals surface area contributed by atoms with Crippen LogP contribution < -0.4 is 5.32 Å². The van der Waals surface area contributed by atoms with Gasteiger partial charge in [-0.1, -0.05) is 61.7 Å². The third-order valence-corrected chi connectivity index (χ3v) is 5.66. The third-order valence-electron chi connectivity index (χ3n) is 5.66. The molecule has 1 fully saturated rings. The second-order valence-corrected chi connectivity index (χ2v) is 7.16. The van der Waals surface area contributed by atoms with Crippen LogP contribution in [0.5, 0.6) is 0 Å². The highest BCUT2D eigenvalue weighted by atomic mass is 16.4. The van der Waals surface area contributed by atoms with Crippen LogP contribution in [-0.4, -0.2) is 17.0 Å². The van der Waals surface area contributed by atoms with Gasteiger partial charge in [0, 0.05) is 6.54 Å². The third kappa shape index (κ3) is 3.39. The summed E-state index contributed by atoms with van der Waals surface area (Å²) in [7, 11) is 0. The van der Waals surface area contributed by atoms with Crippen molar-refractivity contribution in [3.63, 3.8) is 0 Å². The van der Waals surface area contributed by atoms with Crippen molar-refractivity contribution in [1.82, 2.24) is 5.32 Å². The number of carbonyl (C=O) groups excluding carboxylic acids is 1. The van der Waals surface area contributed by atoms with Gasteiger partial charge in [0.25, 0.3) is 0 Å². The Balaban J connectivity index is 1.78. The predicted octanol–water partition coefficient (Wildman–Crippen LogP) is 4.13. The van der Waals surface area contributed by atoms with Crippen LogP contribution in [0.4, 0.5) is 0 Å². The summed E-state index contributed by atoms with van der Waals surface area (Å²) in [6.45, 7) is 1.93. The number of benzene rings is 2. The van der Waals surface area contributed by atoms with Crippen molar-refractivity contribution in [3.8, 4) is 0 Å². The summed E-state index contributed by atoms with van der Waals surface area (Å²) in [6, 6.07) is 14.0. The number of aliphatic carboxylic acids is 1. The molecular weight excluding hydrogens is 314 g/mol. The van der Waals surface area contributed by atoms with Gasteiger partial charge in [-0.25, -0.2) is 0 Å². The molecule has 1 aliphatic carbocycles. The molecule has 3 rings (SSSR count). The Labute approximate surface area is 148 Å². The second-order valence-electron chi connectivity index (χ2n) is 7.16. The van der Waals surface area contributed by atoms with E-state index >= 15 is 0 Å². The van der Waals surface area contributed by atoms with Crippen LogP contribution >= 0.6 is 0 Å². The molecule has 25 heavy (non-hydrogen) atoms. The van der Waals surface area contributed by atoms with Crippen molar-refractivity contribution in [1.29, 1.82) is 0 Å². The van der Waals surface area contributed by atoms with E-state index in [-0.39, 0.29) is 11.8 Å². The largest absolute Gasteiger partial charge is 0.480 e. The SMILES string of the molecule is CC(C(=O)O)(C(=O)NCc1cccc2ccccc12)C1CCCCC1. The Bertz CT molecular complexity index is 774. The first-order valence-electron chi connectivity index (χ1n) is 9.02. The van der Waals surface area contributed by atoms with E-state index in [1.54, 1.807) is 6.92 Å². The van der Waals surface area contributed by atoms with Gasteiger partial charge in [0.1, 0.15) is 5.41 Å². The molecular formula is C21H25NO3. The molecule has 0 heterocycles. The summed E-state index contributed by atoms with van der Waals surface area (Å²) in [6.07, 6.45) is 4.76. The Morgan fingerprint density at radius 3 is 2.48 bits per heavy atom. The first-order valence-corrected chi connectivity index (χ1v) is 9.02. The molecule has 0 aliphatic heterocycles. The van der Waals surface area contributed by atoms with Gasteiger partial charge in [0.05, 0.1) is 0 Å². The topological polar surface area (TPSA) is 66.4 Å². The molecule has 4 heteroatoms. The normalized spacial score (nSPS) is 17.8. The quantitative estimate of drug-likeness (QED) is 0.805. The number of carbonyl (C=O) groups is 2. The van der Waals surface area contributed by atoms with Crippen LogP contribution in [0.2, 0.25) is 0 Å². The van der Waals surface area contributed by atoms with Crippen molar-refractivity contribution in [2.45, 2.75) is 45.6 Å². The summed E-state index contributed by atoms with van der Waals surface area (Å²) in [4.78, 5) is 24.7. The van der Waals surface area contributed by atoms with Gasteiger partial charge < -0.3 is 10.4 Å². The summed E-state index contributed by atoms with van der Waals surface area (Å²) in [5.41, 5.74) is -0.354. The van der Waals surface area contributed by atoms with Crippen molar-refractivity contribution in [2.24, 2.45) is 11.3 Å². The van der Waals surface area contributed by atoms with Gasteiger partial charge >= 0.3 is 5.97 Å². The van der Waals surface area contributed by atoms with E-state index in [0.717, 1.165) is 48.4 Å². The Hall–Kier alpha value is -2.36. The molecule has 1 amide bonds. The number of nitrogens with one attached hydrogen (secondary N) is 1. The fraction of sp³-hybridized carbons (Fsp3) is 0.429. The number of rotatable bonds is 5. The van der Waals surface area contributed by atoms with Crippen molar-refractivity contribution < 1.29 is 14.7 Å². The molecule has 1 unspecified atom stereocenters. The standard InChI is InChI=1S/C21H25NO3/c1-21(20(24)25,17-11-3-2-4-12-17)19(23)22-14-16-10-7-9-15-8-5-6-13-18(15)16/h5-10,13,17H,2-4,11-12,14H2,1H3,(H,22,23)(H,24,25). The van der Waals surface area contributed by atoms with Gasteiger partial charge in [-0.2, -0.15) is 0 Å². The van der Waals surface area contributed by atoms with Crippen molar-refractivity contribution >= 4 is 22.6 Å². The first kappa shape index (κ1) is 17.5. The molecule has 2 aromatic rings. The van der Waals surface area contributed by atoms with Gasteiger partial charge in [-0.05, 0) is 42.0 Å². The van der Waals surface area contributed by atoms with E-state index in [2.05, 4.69) is 5.32 Å². The number of carboxylic acid groups (broad SMARTS) is 1. The zero-order chi connectivity index (χ0) is 17.9. The Morgan fingerprint density at radius 1 is 1.08 bits per heavy atom. The predicted molar refractivity (Wildman–Crippen MR) is 98.1 cm³/mol. The molecule has 0 saturated heterocycles. The minimum absolute atomic E-state index is 0.0914. The fourth-order valence-corrected chi connectivity index (χ4v) is 3.94. The molecule has 0 bridgehead atoms. The van der Waals surface area contributed by atoms with Crippen LogP contribution in [0.1, 0.15) is 44.6 Å². The number of hydrogen-bond acceptors (Lipinski definition) is 2. The fourth-order valence-electron chi connectivity index (χ4n) is 3.94. The molecule has 1 atom stereocenters. The molecule has 132 valence electrons. The molecule has 2 N–H and O–H groups in total. The lowest BCUT2D eigenvalue weighted by Gasteiger charge is -2.35.